The lowest BCUT2D eigenvalue weighted by Gasteiger charge is -2.28. The number of carbonyl (C=O) groups excluding carboxylic acids is 2. The third-order valence-electron chi connectivity index (χ3n) is 7.95. The molecule has 4 N–H and O–H groups in total. The largest absolute Gasteiger partial charge is 0.505 e. The van der Waals surface area contributed by atoms with Crippen molar-refractivity contribution in [2.24, 2.45) is 0 Å². The lowest BCUT2D eigenvalue weighted by molar-refractivity contribution is -0.153. The zero-order chi connectivity index (χ0) is 31.6. The monoisotopic (exact) mass is 594 g/mol. The second-order valence-electron chi connectivity index (χ2n) is 12.0. The average Bonchev–Trinajstić information content (AvgIpc) is 3.54. The van der Waals surface area contributed by atoms with E-state index in [4.69, 9.17) is 14.9 Å². The number of ketones is 1. The Hall–Kier alpha value is -4.12. The molecule has 2 heterocycles. The van der Waals surface area contributed by atoms with Crippen LogP contribution in [0, 0.1) is 5.41 Å². The average molecular weight is 595 g/mol. The summed E-state index contributed by atoms with van der Waals surface area (Å²) in [6, 6.07) is 6.79. The molecule has 43 heavy (non-hydrogen) atoms. The number of anilines is 1. The van der Waals surface area contributed by atoms with Crippen LogP contribution < -0.4 is 15.0 Å². The van der Waals surface area contributed by atoms with Gasteiger partial charge in [-0.1, -0.05) is 27.7 Å². The van der Waals surface area contributed by atoms with Crippen LogP contribution >= 0.6 is 0 Å². The van der Waals surface area contributed by atoms with Crippen molar-refractivity contribution in [1.29, 1.82) is 5.41 Å². The molecular formula is C32H42N4O7. The molecule has 11 nitrogen and oxygen atoms in total. The van der Waals surface area contributed by atoms with Crippen molar-refractivity contribution >= 4 is 29.2 Å². The van der Waals surface area contributed by atoms with Crippen LogP contribution in [-0.2, 0) is 21.5 Å². The minimum Gasteiger partial charge on any atom is -0.505 e. The Morgan fingerprint density at radius 1 is 1.16 bits per heavy atom. The van der Waals surface area contributed by atoms with Crippen LogP contribution in [0.5, 0.6) is 11.5 Å². The molecule has 2 aliphatic heterocycles. The third-order valence-corrected chi connectivity index (χ3v) is 7.95. The minimum absolute atomic E-state index is 0.0664. The summed E-state index contributed by atoms with van der Waals surface area (Å²) in [6.07, 6.45) is -0.265. The number of amidine groups is 1. The number of hydrogen-bond donors (Lipinski definition) is 4. The molecule has 2 atom stereocenters. The normalized spacial score (nSPS) is 17.2. The number of amides is 1. The van der Waals surface area contributed by atoms with E-state index in [1.165, 1.54) is 7.05 Å². The number of phenols is 1. The summed E-state index contributed by atoms with van der Waals surface area (Å²) in [6.45, 7) is 11.0. The van der Waals surface area contributed by atoms with E-state index in [1.54, 1.807) is 36.1 Å². The van der Waals surface area contributed by atoms with Crippen LogP contribution in [0.1, 0.15) is 84.9 Å². The number of aliphatic carboxylic acids is 1. The number of ether oxygens (including phenoxy) is 2. The van der Waals surface area contributed by atoms with E-state index in [1.807, 2.05) is 32.6 Å². The first-order valence-corrected chi connectivity index (χ1v) is 14.7. The number of Topliss-reactive ketones (excluding diaryl/α,β-unsaturated/α-hetero) is 1. The molecule has 1 fully saturated rings. The highest BCUT2D eigenvalue weighted by Gasteiger charge is 2.33. The lowest BCUT2D eigenvalue weighted by Crippen LogP contribution is -2.32. The molecule has 1 amide bonds. The first kappa shape index (κ1) is 31.8. The van der Waals surface area contributed by atoms with E-state index in [9.17, 15) is 24.6 Å². The summed E-state index contributed by atoms with van der Waals surface area (Å²) in [4.78, 5) is 41.3. The van der Waals surface area contributed by atoms with Gasteiger partial charge in [0.1, 0.15) is 17.3 Å². The van der Waals surface area contributed by atoms with Crippen LogP contribution in [0.25, 0.3) is 0 Å². The number of carboxylic acids is 1. The fourth-order valence-corrected chi connectivity index (χ4v) is 5.63. The molecule has 2 aromatic carbocycles. The Morgan fingerprint density at radius 3 is 2.49 bits per heavy atom. The maximum absolute atomic E-state index is 13.8. The van der Waals surface area contributed by atoms with Gasteiger partial charge in [0.15, 0.2) is 11.9 Å². The van der Waals surface area contributed by atoms with Gasteiger partial charge in [-0.05, 0) is 55.0 Å². The topological polar surface area (TPSA) is 152 Å². The molecule has 0 saturated carbocycles. The molecule has 1 saturated heterocycles. The number of carboxylic acid groups (broad SMARTS) is 1. The van der Waals surface area contributed by atoms with Gasteiger partial charge in [-0.15, -0.1) is 0 Å². The van der Waals surface area contributed by atoms with Crippen LogP contribution in [0.2, 0.25) is 0 Å². The number of nitrogens with zero attached hydrogens (tertiary/aromatic N) is 2. The van der Waals surface area contributed by atoms with Crippen molar-refractivity contribution in [1.82, 2.24) is 10.2 Å². The highest BCUT2D eigenvalue weighted by atomic mass is 16.5. The van der Waals surface area contributed by atoms with E-state index < -0.39 is 17.5 Å². The molecule has 2 unspecified atom stereocenters. The Kier molecular flexibility index (Phi) is 9.34. The van der Waals surface area contributed by atoms with Gasteiger partial charge in [-0.2, -0.15) is 0 Å². The summed E-state index contributed by atoms with van der Waals surface area (Å²) in [5, 5.41) is 32.1. The first-order valence-electron chi connectivity index (χ1n) is 14.7. The third kappa shape index (κ3) is 6.61. The summed E-state index contributed by atoms with van der Waals surface area (Å²) in [7, 11) is 1.53. The summed E-state index contributed by atoms with van der Waals surface area (Å²) in [5.74, 6) is -0.870. The molecule has 0 bridgehead atoms. The summed E-state index contributed by atoms with van der Waals surface area (Å²) >= 11 is 0. The van der Waals surface area contributed by atoms with Gasteiger partial charge >= 0.3 is 5.97 Å². The molecule has 2 aromatic rings. The SMILES string of the molecule is CCOc1cc2c(cc1C(=O)NC)C(=N)N(CC(=O)c1cc(N3CCC(OC(CC)C(=O)O)C3)c(O)c(C(C)(C)C)c1)C2. The van der Waals surface area contributed by atoms with Gasteiger partial charge in [0, 0.05) is 43.4 Å². The van der Waals surface area contributed by atoms with E-state index in [0.717, 1.165) is 5.56 Å². The van der Waals surface area contributed by atoms with Gasteiger partial charge in [0.25, 0.3) is 5.91 Å². The molecule has 0 aliphatic carbocycles. The zero-order valence-electron chi connectivity index (χ0n) is 25.7. The number of hydrogen-bond acceptors (Lipinski definition) is 8. The molecule has 0 aromatic heterocycles. The van der Waals surface area contributed by atoms with E-state index >= 15 is 0 Å². The van der Waals surface area contributed by atoms with Crippen LogP contribution in [-0.4, -0.2) is 84.1 Å². The standard InChI is InChI=1S/C32H42N4O7/c1-7-26(31(40)41)43-20-9-10-35(16-20)24-12-18(11-23(28(24)38)32(3,4)5)25(37)17-36-15-19-13-27(42-8-2)22(30(39)34-6)14-21(19)29(36)33/h11-14,20,26,33,38H,7-10,15-17H2,1-6H3,(H,34,39)(H,40,41). The predicted molar refractivity (Wildman–Crippen MR) is 163 cm³/mol. The number of fused-ring (bicyclic) bond motifs is 1. The maximum Gasteiger partial charge on any atom is 0.332 e. The number of phenolic OH excluding ortho intramolecular Hbond substituents is 1. The molecule has 11 heteroatoms. The van der Waals surface area contributed by atoms with Gasteiger partial charge in [-0.25, -0.2) is 4.79 Å². The van der Waals surface area contributed by atoms with Gasteiger partial charge in [0.05, 0.1) is 30.5 Å². The zero-order valence-corrected chi connectivity index (χ0v) is 25.7. The molecule has 4 rings (SSSR count). The fourth-order valence-electron chi connectivity index (χ4n) is 5.63. The van der Waals surface area contributed by atoms with E-state index in [-0.39, 0.29) is 35.9 Å². The van der Waals surface area contributed by atoms with E-state index in [2.05, 4.69) is 5.32 Å². The first-order chi connectivity index (χ1) is 20.3. The second-order valence-corrected chi connectivity index (χ2v) is 12.0. The number of benzene rings is 2. The van der Waals surface area contributed by atoms with Crippen molar-refractivity contribution in [2.45, 2.75) is 71.6 Å². The Bertz CT molecular complexity index is 1430. The van der Waals surface area contributed by atoms with Crippen LogP contribution in [0.4, 0.5) is 5.69 Å². The second kappa shape index (κ2) is 12.6. The lowest BCUT2D eigenvalue weighted by atomic mass is 9.84. The highest BCUT2D eigenvalue weighted by Crippen LogP contribution is 2.41. The Labute approximate surface area is 252 Å². The van der Waals surface area contributed by atoms with Crippen molar-refractivity contribution in [2.75, 3.05) is 38.2 Å². The minimum atomic E-state index is -1.000. The number of rotatable bonds is 11. The fraction of sp³-hybridized carbons (Fsp3) is 0.500. The smallest absolute Gasteiger partial charge is 0.332 e. The van der Waals surface area contributed by atoms with Gasteiger partial charge in [0.2, 0.25) is 0 Å². The molecule has 2 aliphatic rings. The quantitative estimate of drug-likeness (QED) is 0.284. The van der Waals surface area contributed by atoms with Gasteiger partial charge in [-0.3, -0.25) is 15.0 Å². The summed E-state index contributed by atoms with van der Waals surface area (Å²) in [5.41, 5.74) is 2.76. The van der Waals surface area contributed by atoms with Crippen molar-refractivity contribution < 1.29 is 34.1 Å². The maximum atomic E-state index is 13.8. The molecule has 232 valence electrons. The van der Waals surface area contributed by atoms with Crippen molar-refractivity contribution in [3.05, 3.63) is 52.1 Å². The predicted octanol–water partition coefficient (Wildman–Crippen LogP) is 3.93. The molecular weight excluding hydrogens is 552 g/mol. The number of nitrogens with one attached hydrogen (secondary N) is 2. The van der Waals surface area contributed by atoms with Crippen LogP contribution in [0.3, 0.4) is 0 Å². The highest BCUT2D eigenvalue weighted by molar-refractivity contribution is 6.08. The van der Waals surface area contributed by atoms with Crippen molar-refractivity contribution in [3.63, 3.8) is 0 Å². The number of carbonyl (C=O) groups is 3. The van der Waals surface area contributed by atoms with E-state index in [0.29, 0.717) is 72.8 Å². The van der Waals surface area contributed by atoms with Gasteiger partial charge < -0.3 is 34.8 Å². The molecule has 0 spiro atoms. The summed E-state index contributed by atoms with van der Waals surface area (Å²) < 4.78 is 11.5. The number of aromatic hydroxyl groups is 1. The molecule has 0 radical (unpaired) electrons. The Balaban J connectivity index is 1.60. The Morgan fingerprint density at radius 2 is 1.88 bits per heavy atom. The van der Waals surface area contributed by atoms with Crippen LogP contribution in [0.15, 0.2) is 24.3 Å². The van der Waals surface area contributed by atoms with Crippen molar-refractivity contribution in [3.8, 4) is 11.5 Å².